The van der Waals surface area contributed by atoms with Crippen molar-refractivity contribution >= 4 is 21.9 Å². The fourth-order valence-electron chi connectivity index (χ4n) is 2.18. The number of rotatable bonds is 3. The molecule has 0 aliphatic rings. The molecule has 0 bridgehead atoms. The second kappa shape index (κ2) is 6.91. The summed E-state index contributed by atoms with van der Waals surface area (Å²) < 4.78 is 45.2. The van der Waals surface area contributed by atoms with Gasteiger partial charge in [0.1, 0.15) is 11.3 Å². The molecule has 0 saturated carbocycles. The molecular formula is C17H11BrF3N3O2. The first kappa shape index (κ1) is 18.1. The van der Waals surface area contributed by atoms with Crippen LogP contribution in [0.1, 0.15) is 21.6 Å². The number of carbonyl (C=O) groups is 1. The minimum Gasteiger partial charge on any atom is -0.423 e. The third kappa shape index (κ3) is 3.77. The Hall–Kier alpha value is -2.68. The minimum atomic E-state index is -4.47. The molecular weight excluding hydrogens is 415 g/mol. The van der Waals surface area contributed by atoms with Crippen molar-refractivity contribution in [3.63, 3.8) is 0 Å². The van der Waals surface area contributed by atoms with Crippen molar-refractivity contribution in [3.05, 3.63) is 70.1 Å². The van der Waals surface area contributed by atoms with Gasteiger partial charge in [-0.3, -0.25) is 0 Å². The van der Waals surface area contributed by atoms with E-state index in [4.69, 9.17) is 4.74 Å². The Morgan fingerprint density at radius 2 is 1.81 bits per heavy atom. The van der Waals surface area contributed by atoms with Gasteiger partial charge in [0.25, 0.3) is 0 Å². The highest BCUT2D eigenvalue weighted by atomic mass is 79.9. The van der Waals surface area contributed by atoms with Gasteiger partial charge >= 0.3 is 12.1 Å². The number of halogens is 4. The summed E-state index contributed by atoms with van der Waals surface area (Å²) >= 11 is 3.28. The fourth-order valence-corrected chi connectivity index (χ4v) is 2.45. The number of carbonyl (C=O) groups excluding carboxylic acids is 1. The van der Waals surface area contributed by atoms with E-state index in [1.165, 1.54) is 16.9 Å². The normalized spacial score (nSPS) is 11.4. The van der Waals surface area contributed by atoms with Crippen LogP contribution in [-0.4, -0.2) is 20.7 Å². The molecule has 26 heavy (non-hydrogen) atoms. The Labute approximate surface area is 154 Å². The molecule has 3 rings (SSSR count). The molecule has 0 radical (unpaired) electrons. The van der Waals surface area contributed by atoms with Crippen LogP contribution in [0.5, 0.6) is 5.75 Å². The van der Waals surface area contributed by atoms with E-state index in [0.717, 1.165) is 16.7 Å². The van der Waals surface area contributed by atoms with Crippen molar-refractivity contribution in [2.75, 3.05) is 0 Å². The van der Waals surface area contributed by atoms with Crippen molar-refractivity contribution in [2.24, 2.45) is 0 Å². The highest BCUT2D eigenvalue weighted by Gasteiger charge is 2.30. The van der Waals surface area contributed by atoms with Gasteiger partial charge in [-0.25, -0.2) is 14.5 Å². The molecule has 134 valence electrons. The maximum atomic E-state index is 12.6. The molecule has 1 aromatic carbocycles. The lowest BCUT2D eigenvalue weighted by molar-refractivity contribution is -0.137. The summed E-state index contributed by atoms with van der Waals surface area (Å²) in [5.74, 6) is -0.0980. The van der Waals surface area contributed by atoms with Crippen LogP contribution >= 0.6 is 15.9 Å². The average Bonchev–Trinajstić information content (AvgIpc) is 2.98. The highest BCUT2D eigenvalue weighted by Crippen LogP contribution is 2.29. The van der Waals surface area contributed by atoms with E-state index in [1.54, 1.807) is 31.2 Å². The Kier molecular flexibility index (Phi) is 4.82. The zero-order valence-electron chi connectivity index (χ0n) is 13.3. The van der Waals surface area contributed by atoms with Crippen LogP contribution in [0.2, 0.25) is 0 Å². The SMILES string of the molecule is Cc1c(C(=O)Oc2ccc(Br)cc2)cnn1-c1ccc(C(F)(F)F)cn1. The van der Waals surface area contributed by atoms with Crippen LogP contribution in [0.3, 0.4) is 0 Å². The topological polar surface area (TPSA) is 57.0 Å². The van der Waals surface area contributed by atoms with Gasteiger partial charge in [-0.2, -0.15) is 18.3 Å². The Balaban J connectivity index is 1.83. The van der Waals surface area contributed by atoms with Crippen LogP contribution < -0.4 is 4.74 Å². The summed E-state index contributed by atoms with van der Waals surface area (Å²) in [7, 11) is 0. The van der Waals surface area contributed by atoms with Crippen molar-refractivity contribution in [3.8, 4) is 11.6 Å². The molecule has 0 spiro atoms. The summed E-state index contributed by atoms with van der Waals surface area (Å²) in [6.45, 7) is 1.60. The third-order valence-electron chi connectivity index (χ3n) is 3.55. The van der Waals surface area contributed by atoms with Crippen molar-refractivity contribution in [1.29, 1.82) is 0 Å². The largest absolute Gasteiger partial charge is 0.423 e. The number of nitrogens with zero attached hydrogens (tertiary/aromatic N) is 3. The monoisotopic (exact) mass is 425 g/mol. The third-order valence-corrected chi connectivity index (χ3v) is 4.07. The number of ether oxygens (including phenoxy) is 1. The number of aromatic nitrogens is 3. The summed E-state index contributed by atoms with van der Waals surface area (Å²) in [5.41, 5.74) is -0.269. The lowest BCUT2D eigenvalue weighted by Crippen LogP contribution is -2.11. The summed E-state index contributed by atoms with van der Waals surface area (Å²) in [6, 6.07) is 8.80. The fraction of sp³-hybridized carbons (Fsp3) is 0.118. The first-order chi connectivity index (χ1) is 12.3. The first-order valence-corrected chi connectivity index (χ1v) is 8.11. The summed E-state index contributed by atoms with van der Waals surface area (Å²) in [4.78, 5) is 16.1. The second-order valence-electron chi connectivity index (χ2n) is 5.30. The van der Waals surface area contributed by atoms with Gasteiger partial charge in [-0.15, -0.1) is 0 Å². The van der Waals surface area contributed by atoms with Crippen LogP contribution in [0.15, 0.2) is 53.3 Å². The smallest absolute Gasteiger partial charge is 0.417 e. The van der Waals surface area contributed by atoms with E-state index in [-0.39, 0.29) is 11.4 Å². The molecule has 2 heterocycles. The first-order valence-electron chi connectivity index (χ1n) is 7.31. The molecule has 0 aliphatic carbocycles. The lowest BCUT2D eigenvalue weighted by atomic mass is 10.2. The molecule has 0 amide bonds. The molecule has 9 heteroatoms. The van der Waals surface area contributed by atoms with Gasteiger partial charge in [0.2, 0.25) is 0 Å². The predicted octanol–water partition coefficient (Wildman–Crippen LogP) is 4.58. The van der Waals surface area contributed by atoms with E-state index in [2.05, 4.69) is 26.0 Å². The number of hydrogen-bond acceptors (Lipinski definition) is 4. The highest BCUT2D eigenvalue weighted by molar-refractivity contribution is 9.10. The van der Waals surface area contributed by atoms with Gasteiger partial charge in [-0.05, 0) is 43.3 Å². The minimum absolute atomic E-state index is 0.165. The van der Waals surface area contributed by atoms with Crippen LogP contribution in [0, 0.1) is 6.92 Å². The summed E-state index contributed by atoms with van der Waals surface area (Å²) in [6.07, 6.45) is -2.46. The Bertz CT molecular complexity index is 935. The summed E-state index contributed by atoms with van der Waals surface area (Å²) in [5, 5.41) is 4.02. The van der Waals surface area contributed by atoms with Gasteiger partial charge in [0.15, 0.2) is 5.82 Å². The maximum absolute atomic E-state index is 12.6. The zero-order valence-corrected chi connectivity index (χ0v) is 14.9. The van der Waals surface area contributed by atoms with Gasteiger partial charge in [0, 0.05) is 10.7 Å². The number of hydrogen-bond donors (Lipinski definition) is 0. The predicted molar refractivity (Wildman–Crippen MR) is 90.2 cm³/mol. The molecule has 0 saturated heterocycles. The lowest BCUT2D eigenvalue weighted by Gasteiger charge is -2.08. The average molecular weight is 426 g/mol. The second-order valence-corrected chi connectivity index (χ2v) is 6.22. The molecule has 0 unspecified atom stereocenters. The number of pyridine rings is 1. The van der Waals surface area contributed by atoms with Crippen molar-refractivity contribution < 1.29 is 22.7 Å². The van der Waals surface area contributed by atoms with E-state index in [0.29, 0.717) is 11.4 Å². The molecule has 0 fully saturated rings. The quantitative estimate of drug-likeness (QED) is 0.455. The Morgan fingerprint density at radius 3 is 2.38 bits per heavy atom. The van der Waals surface area contributed by atoms with E-state index >= 15 is 0 Å². The zero-order chi connectivity index (χ0) is 18.9. The Morgan fingerprint density at radius 1 is 1.12 bits per heavy atom. The van der Waals surface area contributed by atoms with Gasteiger partial charge in [-0.1, -0.05) is 15.9 Å². The number of alkyl halides is 3. The van der Waals surface area contributed by atoms with Crippen LogP contribution in [-0.2, 0) is 6.18 Å². The molecule has 0 N–H and O–H groups in total. The maximum Gasteiger partial charge on any atom is 0.417 e. The van der Waals surface area contributed by atoms with Crippen LogP contribution in [0.25, 0.3) is 5.82 Å². The molecule has 0 atom stereocenters. The van der Waals surface area contributed by atoms with Crippen molar-refractivity contribution in [2.45, 2.75) is 13.1 Å². The van der Waals surface area contributed by atoms with Gasteiger partial charge in [0.05, 0.1) is 17.5 Å². The number of esters is 1. The van der Waals surface area contributed by atoms with Crippen molar-refractivity contribution in [1.82, 2.24) is 14.8 Å². The van der Waals surface area contributed by atoms with E-state index in [1.807, 2.05) is 0 Å². The standard InChI is InChI=1S/C17H11BrF3N3O2/c1-10-14(16(25)26-13-5-3-12(18)4-6-13)9-23-24(10)15-7-2-11(8-22-15)17(19,20)21/h2-9H,1H3. The van der Waals surface area contributed by atoms with E-state index in [9.17, 15) is 18.0 Å². The molecule has 0 aliphatic heterocycles. The van der Waals surface area contributed by atoms with Gasteiger partial charge < -0.3 is 4.74 Å². The molecule has 3 aromatic rings. The number of benzene rings is 1. The molecule has 5 nitrogen and oxygen atoms in total. The van der Waals surface area contributed by atoms with E-state index < -0.39 is 17.7 Å². The van der Waals surface area contributed by atoms with Crippen LogP contribution in [0.4, 0.5) is 13.2 Å². The molecule has 2 aromatic heterocycles.